The van der Waals surface area contributed by atoms with Crippen LogP contribution in [0.1, 0.15) is 27.7 Å². The van der Waals surface area contributed by atoms with E-state index in [1.165, 1.54) is 0 Å². The Morgan fingerprint density at radius 3 is 1.78 bits per heavy atom. The van der Waals surface area contributed by atoms with Crippen molar-refractivity contribution in [2.75, 3.05) is 0 Å². The normalized spacial score (nSPS) is 34.1. The van der Waals surface area contributed by atoms with Crippen LogP contribution in [0.15, 0.2) is 0 Å². The van der Waals surface area contributed by atoms with Crippen molar-refractivity contribution in [2.24, 2.45) is 0 Å². The summed E-state index contributed by atoms with van der Waals surface area (Å²) in [6.45, 7) is 3.30. The second kappa shape index (κ2) is 7.74. The number of hydrogen-bond donors (Lipinski definition) is 4. The van der Waals surface area contributed by atoms with Gasteiger partial charge in [-0.3, -0.25) is 19.2 Å². The summed E-state index contributed by atoms with van der Waals surface area (Å²) in [5.74, 6) is -15.7. The zero-order valence-electron chi connectivity index (χ0n) is 14.7. The minimum Gasteiger partial charge on any atom is -0.433 e. The molecule has 13 nitrogen and oxygen atoms in total. The average Bonchev–Trinajstić information content (AvgIpc) is 2.42. The summed E-state index contributed by atoms with van der Waals surface area (Å²) in [5.41, 5.74) is 0. The molecule has 1 aliphatic rings. The molecule has 0 amide bonds. The van der Waals surface area contributed by atoms with E-state index in [-0.39, 0.29) is 6.61 Å². The molecule has 0 aromatic carbocycles. The molecule has 153 valence electrons. The predicted octanol–water partition coefficient (Wildman–Crippen LogP) is -2.82. The van der Waals surface area contributed by atoms with Crippen molar-refractivity contribution in [3.05, 3.63) is 6.61 Å². The second-order valence-corrected chi connectivity index (χ2v) is 5.49. The van der Waals surface area contributed by atoms with E-state index in [1.54, 1.807) is 0 Å². The second-order valence-electron chi connectivity index (χ2n) is 5.49. The third-order valence-electron chi connectivity index (χ3n) is 3.17. The lowest BCUT2D eigenvalue weighted by molar-refractivity contribution is -0.492. The van der Waals surface area contributed by atoms with Gasteiger partial charge in [0.05, 0.1) is 0 Å². The molecule has 0 bridgehead atoms. The van der Waals surface area contributed by atoms with Crippen LogP contribution < -0.4 is 0 Å². The monoisotopic (exact) mass is 395 g/mol. The molecule has 1 unspecified atom stereocenters. The van der Waals surface area contributed by atoms with E-state index in [4.69, 9.17) is 4.74 Å². The lowest BCUT2D eigenvalue weighted by atomic mass is 9.87. The molecule has 13 heteroatoms. The SMILES string of the molecule is CC(=O)OC(O)[C@H]1O[CH][C@@](O)(OC(C)=O)[C@](O)(OC(C)=O)[C@@]1(O)OC(C)=O. The maximum atomic E-state index is 11.4. The Kier molecular flexibility index (Phi) is 6.51. The first-order chi connectivity index (χ1) is 12.2. The first kappa shape index (κ1) is 22.7. The summed E-state index contributed by atoms with van der Waals surface area (Å²) in [6, 6.07) is 0. The van der Waals surface area contributed by atoms with Gasteiger partial charge >= 0.3 is 41.2 Å². The predicted molar refractivity (Wildman–Crippen MR) is 77.1 cm³/mol. The molecular formula is C14H19O13. The van der Waals surface area contributed by atoms with E-state index >= 15 is 0 Å². The quantitative estimate of drug-likeness (QED) is 0.212. The summed E-state index contributed by atoms with van der Waals surface area (Å²) < 4.78 is 22.7. The molecule has 1 rings (SSSR count). The number of aliphatic hydroxyl groups excluding tert-OH is 1. The van der Waals surface area contributed by atoms with Gasteiger partial charge < -0.3 is 44.1 Å². The summed E-state index contributed by atoms with van der Waals surface area (Å²) in [5, 5.41) is 41.9. The Morgan fingerprint density at radius 2 is 1.37 bits per heavy atom. The van der Waals surface area contributed by atoms with Crippen molar-refractivity contribution in [3.63, 3.8) is 0 Å². The number of esters is 4. The summed E-state index contributed by atoms with van der Waals surface area (Å²) in [7, 11) is 0. The molecule has 27 heavy (non-hydrogen) atoms. The van der Waals surface area contributed by atoms with Crippen LogP contribution in [0.3, 0.4) is 0 Å². The lowest BCUT2D eigenvalue weighted by Crippen LogP contribution is -2.80. The summed E-state index contributed by atoms with van der Waals surface area (Å²) >= 11 is 0. The Bertz CT molecular complexity index is 633. The molecule has 0 spiro atoms. The van der Waals surface area contributed by atoms with Crippen molar-refractivity contribution in [1.82, 2.24) is 0 Å². The molecule has 1 fully saturated rings. The highest BCUT2D eigenvalue weighted by Gasteiger charge is 2.78. The number of carbonyl (C=O) groups is 4. The molecule has 1 radical (unpaired) electrons. The Morgan fingerprint density at radius 1 is 0.889 bits per heavy atom. The van der Waals surface area contributed by atoms with Gasteiger partial charge in [-0.2, -0.15) is 0 Å². The van der Waals surface area contributed by atoms with Crippen LogP contribution >= 0.6 is 0 Å². The molecular weight excluding hydrogens is 376 g/mol. The first-order valence-corrected chi connectivity index (χ1v) is 7.29. The van der Waals surface area contributed by atoms with Crippen molar-refractivity contribution < 1.29 is 63.3 Å². The molecule has 1 saturated heterocycles. The number of rotatable bonds is 5. The molecule has 0 aromatic rings. The molecule has 1 aliphatic heterocycles. The zero-order valence-corrected chi connectivity index (χ0v) is 14.7. The first-order valence-electron chi connectivity index (χ1n) is 7.29. The van der Waals surface area contributed by atoms with E-state index in [1.807, 2.05) is 0 Å². The van der Waals surface area contributed by atoms with E-state index < -0.39 is 53.6 Å². The Hall–Kier alpha value is -2.32. The highest BCUT2D eigenvalue weighted by molar-refractivity contribution is 5.69. The largest absolute Gasteiger partial charge is 0.433 e. The van der Waals surface area contributed by atoms with Crippen LogP contribution in [-0.2, 0) is 42.9 Å². The van der Waals surface area contributed by atoms with Crippen LogP contribution in [-0.4, -0.2) is 74.1 Å². The smallest absolute Gasteiger partial charge is 0.349 e. The maximum absolute atomic E-state index is 11.4. The van der Waals surface area contributed by atoms with Gasteiger partial charge in [0.2, 0.25) is 6.29 Å². The fraction of sp³-hybridized carbons (Fsp3) is 0.643. The Labute approximate surface area is 152 Å². The molecule has 4 N–H and O–H groups in total. The minimum atomic E-state index is -3.74. The van der Waals surface area contributed by atoms with Gasteiger partial charge in [0.25, 0.3) is 0 Å². The van der Waals surface area contributed by atoms with E-state index in [9.17, 15) is 39.6 Å². The number of ether oxygens (including phenoxy) is 5. The van der Waals surface area contributed by atoms with Crippen LogP contribution in [0.5, 0.6) is 0 Å². The molecule has 1 heterocycles. The fourth-order valence-electron chi connectivity index (χ4n) is 2.29. The van der Waals surface area contributed by atoms with Gasteiger partial charge in [-0.1, -0.05) is 0 Å². The lowest BCUT2D eigenvalue weighted by Gasteiger charge is -2.53. The fourth-order valence-corrected chi connectivity index (χ4v) is 2.29. The minimum absolute atomic E-state index is 0.173. The van der Waals surface area contributed by atoms with Gasteiger partial charge in [-0.25, -0.2) is 0 Å². The van der Waals surface area contributed by atoms with Crippen molar-refractivity contribution in [3.8, 4) is 0 Å². The number of carbonyl (C=O) groups excluding carboxylic acids is 4. The zero-order chi connectivity index (χ0) is 21.2. The highest BCUT2D eigenvalue weighted by atomic mass is 16.8. The molecule has 5 atom stereocenters. The van der Waals surface area contributed by atoms with E-state index in [2.05, 4.69) is 18.9 Å². The molecule has 0 saturated carbocycles. The van der Waals surface area contributed by atoms with Crippen molar-refractivity contribution >= 4 is 23.9 Å². The number of aliphatic hydroxyl groups is 4. The van der Waals surface area contributed by atoms with Crippen LogP contribution in [0.2, 0.25) is 0 Å². The van der Waals surface area contributed by atoms with Crippen LogP contribution in [0.4, 0.5) is 0 Å². The third-order valence-corrected chi connectivity index (χ3v) is 3.17. The van der Waals surface area contributed by atoms with Crippen LogP contribution in [0, 0.1) is 6.61 Å². The standard InChI is InChI=1S/C14H19O13/c1-6(15)24-11(19)10-13(21,26-8(3)17)14(22,27-9(4)18)12(20,5-23-10)25-7(2)16/h5,10-11,19-22H,1-4H3/t10-,11?,12-,13+,14+/m1/s1. The van der Waals surface area contributed by atoms with Gasteiger partial charge in [0, 0.05) is 27.7 Å². The maximum Gasteiger partial charge on any atom is 0.349 e. The highest BCUT2D eigenvalue weighted by Crippen LogP contribution is 2.47. The number of hydrogen-bond acceptors (Lipinski definition) is 13. The van der Waals surface area contributed by atoms with Gasteiger partial charge in [-0.15, -0.1) is 0 Å². The molecule has 0 aliphatic carbocycles. The van der Waals surface area contributed by atoms with Crippen LogP contribution in [0.25, 0.3) is 0 Å². The topological polar surface area (TPSA) is 195 Å². The van der Waals surface area contributed by atoms with Gasteiger partial charge in [0.15, 0.2) is 12.7 Å². The van der Waals surface area contributed by atoms with Crippen molar-refractivity contribution in [2.45, 2.75) is 57.5 Å². The molecule has 0 aromatic heterocycles. The van der Waals surface area contributed by atoms with E-state index in [0.29, 0.717) is 0 Å². The van der Waals surface area contributed by atoms with E-state index in [0.717, 1.165) is 27.7 Å². The summed E-state index contributed by atoms with van der Waals surface area (Å²) in [6.07, 6.45) is -4.74. The average molecular weight is 395 g/mol. The van der Waals surface area contributed by atoms with Gasteiger partial charge in [0.1, 0.15) is 0 Å². The third kappa shape index (κ3) is 4.33. The Balaban J connectivity index is 3.59. The summed E-state index contributed by atoms with van der Waals surface area (Å²) in [4.78, 5) is 45.2. The van der Waals surface area contributed by atoms with Gasteiger partial charge in [-0.05, 0) is 0 Å². The van der Waals surface area contributed by atoms with Crippen molar-refractivity contribution in [1.29, 1.82) is 0 Å².